The molecule has 0 spiro atoms. The van der Waals surface area contributed by atoms with E-state index in [0.717, 1.165) is 0 Å². The molecule has 0 radical (unpaired) electrons. The molecule has 0 heterocycles. The summed E-state index contributed by atoms with van der Waals surface area (Å²) in [5.41, 5.74) is 5.91. The maximum absolute atomic E-state index is 13.8. The molecule has 1 fully saturated rings. The van der Waals surface area contributed by atoms with Crippen LogP contribution in [0.4, 0.5) is 4.39 Å². The summed E-state index contributed by atoms with van der Waals surface area (Å²) in [7, 11) is 0. The van der Waals surface area contributed by atoms with Crippen molar-refractivity contribution in [1.29, 1.82) is 0 Å². The van der Waals surface area contributed by atoms with Crippen LogP contribution in [0.3, 0.4) is 0 Å². The molecule has 1 atom stereocenters. The SMILES string of the molecule is CC(NC(=O)CN)c1ccc(OCC2CC2)c(F)c1. The molecule has 0 aliphatic heterocycles. The Bertz CT molecular complexity index is 461. The zero-order valence-corrected chi connectivity index (χ0v) is 11.0. The fraction of sp³-hybridized carbons (Fsp3) is 0.500. The highest BCUT2D eigenvalue weighted by atomic mass is 19.1. The smallest absolute Gasteiger partial charge is 0.234 e. The molecule has 5 heteroatoms. The molecule has 1 aliphatic rings. The maximum Gasteiger partial charge on any atom is 0.234 e. The van der Waals surface area contributed by atoms with Gasteiger partial charge in [-0.3, -0.25) is 4.79 Å². The molecule has 3 N–H and O–H groups in total. The van der Waals surface area contributed by atoms with E-state index in [0.29, 0.717) is 18.1 Å². The third kappa shape index (κ3) is 3.92. The third-order valence-corrected chi connectivity index (χ3v) is 3.19. The van der Waals surface area contributed by atoms with Crippen LogP contribution in [0, 0.1) is 11.7 Å². The van der Waals surface area contributed by atoms with Gasteiger partial charge in [0.05, 0.1) is 19.2 Å². The molecule has 4 nitrogen and oxygen atoms in total. The normalized spacial score (nSPS) is 15.9. The molecule has 0 saturated heterocycles. The average molecular weight is 266 g/mol. The van der Waals surface area contributed by atoms with Crippen LogP contribution in [0.25, 0.3) is 0 Å². The van der Waals surface area contributed by atoms with E-state index >= 15 is 0 Å². The van der Waals surface area contributed by atoms with Crippen LogP contribution in [0.1, 0.15) is 31.4 Å². The van der Waals surface area contributed by atoms with Crippen molar-refractivity contribution in [2.45, 2.75) is 25.8 Å². The van der Waals surface area contributed by atoms with E-state index in [4.69, 9.17) is 10.5 Å². The second-order valence-corrected chi connectivity index (χ2v) is 4.94. The lowest BCUT2D eigenvalue weighted by Crippen LogP contribution is -2.32. The molecule has 19 heavy (non-hydrogen) atoms. The molecular formula is C14H19FN2O2. The lowest BCUT2D eigenvalue weighted by molar-refractivity contribution is -0.120. The first kappa shape index (κ1) is 13.8. The van der Waals surface area contributed by atoms with Crippen LogP contribution in [-0.2, 0) is 4.79 Å². The summed E-state index contributed by atoms with van der Waals surface area (Å²) in [5.74, 6) is 0.198. The van der Waals surface area contributed by atoms with Crippen molar-refractivity contribution in [2.24, 2.45) is 11.7 Å². The Balaban J connectivity index is 1.98. The summed E-state index contributed by atoms with van der Waals surface area (Å²) in [6.07, 6.45) is 2.34. The first-order valence-corrected chi connectivity index (χ1v) is 6.52. The third-order valence-electron chi connectivity index (χ3n) is 3.19. The summed E-state index contributed by atoms with van der Waals surface area (Å²) in [6, 6.07) is 4.48. The first-order chi connectivity index (χ1) is 9.10. The minimum Gasteiger partial charge on any atom is -0.490 e. The van der Waals surface area contributed by atoms with Gasteiger partial charge in [-0.1, -0.05) is 6.07 Å². The van der Waals surface area contributed by atoms with Gasteiger partial charge < -0.3 is 15.8 Å². The van der Waals surface area contributed by atoms with Gasteiger partial charge in [0.25, 0.3) is 0 Å². The summed E-state index contributed by atoms with van der Waals surface area (Å²) >= 11 is 0. The zero-order chi connectivity index (χ0) is 13.8. The molecule has 1 aromatic carbocycles. The van der Waals surface area contributed by atoms with Gasteiger partial charge in [-0.15, -0.1) is 0 Å². The Labute approximate surface area is 112 Å². The van der Waals surface area contributed by atoms with Gasteiger partial charge in [0.2, 0.25) is 5.91 Å². The van der Waals surface area contributed by atoms with Crippen molar-refractivity contribution < 1.29 is 13.9 Å². The fourth-order valence-electron chi connectivity index (χ4n) is 1.78. The Morgan fingerprint density at radius 3 is 2.89 bits per heavy atom. The van der Waals surface area contributed by atoms with E-state index in [1.165, 1.54) is 18.9 Å². The minimum atomic E-state index is -0.396. The number of hydrogen-bond donors (Lipinski definition) is 2. The number of nitrogens with one attached hydrogen (secondary N) is 1. The first-order valence-electron chi connectivity index (χ1n) is 6.52. The Kier molecular flexibility index (Phi) is 4.37. The predicted octanol–water partition coefficient (Wildman–Crippen LogP) is 1.75. The summed E-state index contributed by atoms with van der Waals surface area (Å²) in [4.78, 5) is 11.2. The molecule has 1 aromatic rings. The minimum absolute atomic E-state index is 0.0740. The summed E-state index contributed by atoms with van der Waals surface area (Å²) in [6.45, 7) is 2.29. The Morgan fingerprint density at radius 1 is 1.58 bits per heavy atom. The number of amides is 1. The second kappa shape index (κ2) is 6.02. The van der Waals surface area contributed by atoms with Gasteiger partial charge >= 0.3 is 0 Å². The van der Waals surface area contributed by atoms with Gasteiger partial charge in [-0.25, -0.2) is 4.39 Å². The standard InChI is InChI=1S/C14H19FN2O2/c1-9(17-14(18)7-16)11-4-5-13(12(15)6-11)19-8-10-2-3-10/h4-6,9-10H,2-3,7-8,16H2,1H3,(H,17,18). The van der Waals surface area contributed by atoms with Gasteiger partial charge in [0, 0.05) is 0 Å². The number of benzene rings is 1. The number of nitrogens with two attached hydrogens (primary N) is 1. The highest BCUT2D eigenvalue weighted by Crippen LogP contribution is 2.30. The van der Waals surface area contributed by atoms with Gasteiger partial charge in [0.1, 0.15) is 0 Å². The van der Waals surface area contributed by atoms with Crippen LogP contribution in [0.5, 0.6) is 5.75 Å². The lowest BCUT2D eigenvalue weighted by atomic mass is 10.1. The van der Waals surface area contributed by atoms with E-state index in [1.807, 2.05) is 0 Å². The molecule has 2 rings (SSSR count). The largest absolute Gasteiger partial charge is 0.490 e. The average Bonchev–Trinajstić information content (AvgIpc) is 3.21. The van der Waals surface area contributed by atoms with Crippen LogP contribution >= 0.6 is 0 Å². The second-order valence-electron chi connectivity index (χ2n) is 4.94. The predicted molar refractivity (Wildman–Crippen MR) is 70.2 cm³/mol. The van der Waals surface area contributed by atoms with Gasteiger partial charge in [-0.2, -0.15) is 0 Å². The van der Waals surface area contributed by atoms with Crippen molar-refractivity contribution in [3.8, 4) is 5.75 Å². The topological polar surface area (TPSA) is 64.4 Å². The van der Waals surface area contributed by atoms with Crippen molar-refractivity contribution in [3.63, 3.8) is 0 Å². The zero-order valence-electron chi connectivity index (χ0n) is 11.0. The van der Waals surface area contributed by atoms with E-state index in [9.17, 15) is 9.18 Å². The molecule has 104 valence electrons. The number of carbonyl (C=O) groups is 1. The quantitative estimate of drug-likeness (QED) is 0.824. The molecular weight excluding hydrogens is 247 g/mol. The molecule has 1 saturated carbocycles. The molecule has 1 aliphatic carbocycles. The van der Waals surface area contributed by atoms with E-state index in [1.54, 1.807) is 19.1 Å². The summed E-state index contributed by atoms with van der Waals surface area (Å²) in [5, 5.41) is 2.68. The van der Waals surface area contributed by atoms with Gasteiger partial charge in [0.15, 0.2) is 11.6 Å². The number of carbonyl (C=O) groups excluding carboxylic acids is 1. The van der Waals surface area contributed by atoms with Crippen molar-refractivity contribution >= 4 is 5.91 Å². The maximum atomic E-state index is 13.8. The number of ether oxygens (including phenoxy) is 1. The number of rotatable bonds is 6. The van der Waals surface area contributed by atoms with E-state index < -0.39 is 5.82 Å². The van der Waals surface area contributed by atoms with Crippen LogP contribution < -0.4 is 15.8 Å². The highest BCUT2D eigenvalue weighted by Gasteiger charge is 2.22. The van der Waals surface area contributed by atoms with Crippen LogP contribution in [0.2, 0.25) is 0 Å². The monoisotopic (exact) mass is 266 g/mol. The van der Waals surface area contributed by atoms with Crippen molar-refractivity contribution in [3.05, 3.63) is 29.6 Å². The van der Waals surface area contributed by atoms with Crippen LogP contribution in [0.15, 0.2) is 18.2 Å². The van der Waals surface area contributed by atoms with E-state index in [-0.39, 0.29) is 24.2 Å². The fourth-order valence-corrected chi connectivity index (χ4v) is 1.78. The lowest BCUT2D eigenvalue weighted by Gasteiger charge is -2.15. The Morgan fingerprint density at radius 2 is 2.32 bits per heavy atom. The van der Waals surface area contributed by atoms with E-state index in [2.05, 4.69) is 5.32 Å². The van der Waals surface area contributed by atoms with Crippen LogP contribution in [-0.4, -0.2) is 19.1 Å². The van der Waals surface area contributed by atoms with Crippen molar-refractivity contribution in [2.75, 3.05) is 13.2 Å². The number of halogens is 1. The molecule has 0 aromatic heterocycles. The number of hydrogen-bond acceptors (Lipinski definition) is 3. The Hall–Kier alpha value is -1.62. The van der Waals surface area contributed by atoms with Crippen molar-refractivity contribution in [1.82, 2.24) is 5.32 Å². The summed E-state index contributed by atoms with van der Waals surface area (Å²) < 4.78 is 19.3. The van der Waals surface area contributed by atoms with Gasteiger partial charge in [-0.05, 0) is 43.4 Å². The molecule has 0 bridgehead atoms. The molecule has 1 unspecified atom stereocenters. The highest BCUT2D eigenvalue weighted by molar-refractivity contribution is 5.78. The molecule has 1 amide bonds.